The lowest BCUT2D eigenvalue weighted by molar-refractivity contribution is -0.153. The molecular weight excluding hydrogens is 982 g/mol. The third-order valence-corrected chi connectivity index (χ3v) is 22.4. The van der Waals surface area contributed by atoms with Crippen LogP contribution in [0.4, 0.5) is 0 Å². The van der Waals surface area contributed by atoms with Crippen LogP contribution in [0.25, 0.3) is 0 Å². The van der Waals surface area contributed by atoms with E-state index in [0.29, 0.717) is 58.5 Å². The van der Waals surface area contributed by atoms with E-state index in [1.54, 1.807) is 25.4 Å². The van der Waals surface area contributed by atoms with Crippen molar-refractivity contribution in [3.05, 3.63) is 23.3 Å². The highest BCUT2D eigenvalue weighted by molar-refractivity contribution is 14.1. The normalized spacial score (nSPS) is 43.5. The minimum absolute atomic E-state index is 0.0402. The smallest absolute Gasteiger partial charge is 0.309 e. The van der Waals surface area contributed by atoms with E-state index in [4.69, 9.17) is 14.2 Å². The molecule has 0 aliphatic heterocycles. The molecule has 0 amide bonds. The fraction of sp³-hybridized carbons (Fsp3) is 0.889. The lowest BCUT2D eigenvalue weighted by atomic mass is 9.46. The van der Waals surface area contributed by atoms with Gasteiger partial charge >= 0.3 is 11.9 Å². The van der Waals surface area contributed by atoms with Gasteiger partial charge in [-0.25, -0.2) is 0 Å². The molecule has 61 heavy (non-hydrogen) atoms. The van der Waals surface area contributed by atoms with Gasteiger partial charge in [0.25, 0.3) is 0 Å². The molecule has 344 valence electrons. The molecule has 8 aliphatic rings. The highest BCUT2D eigenvalue weighted by Gasteiger charge is 2.62. The van der Waals surface area contributed by atoms with Gasteiger partial charge in [0, 0.05) is 0 Å². The van der Waals surface area contributed by atoms with Crippen molar-refractivity contribution in [2.24, 2.45) is 80.8 Å². The highest BCUT2D eigenvalue weighted by Crippen LogP contribution is 2.69. The summed E-state index contributed by atoms with van der Waals surface area (Å²) in [6.07, 6.45) is 35.9. The SMILES string of the molecule is COC(=O)[C@H]1CCC2C3CC=C4C[C@@H](C(CCCCCI)OC(CCCCCI)[C@H]5CC[C@@]6(C)C(=CCC7C6CC[C@@]6(C)C7CC[C@@H]6C(=O)OC)C5)CC[C@]4(C)C3CC[C@@]21C. The molecule has 6 fully saturated rings. The van der Waals surface area contributed by atoms with Crippen LogP contribution in [0.1, 0.15) is 182 Å². The van der Waals surface area contributed by atoms with E-state index in [1.165, 1.54) is 150 Å². The maximum atomic E-state index is 12.9. The summed E-state index contributed by atoms with van der Waals surface area (Å²) in [7, 11) is 3.18. The molecule has 0 bridgehead atoms. The van der Waals surface area contributed by atoms with Crippen LogP contribution in [-0.2, 0) is 23.8 Å². The van der Waals surface area contributed by atoms with Gasteiger partial charge in [-0.05, 0) is 206 Å². The van der Waals surface area contributed by atoms with Crippen LogP contribution in [0.5, 0.6) is 0 Å². The molecule has 0 aromatic rings. The van der Waals surface area contributed by atoms with E-state index in [2.05, 4.69) is 85.0 Å². The van der Waals surface area contributed by atoms with Crippen LogP contribution < -0.4 is 0 Å². The van der Waals surface area contributed by atoms with E-state index in [9.17, 15) is 9.59 Å². The number of esters is 2. The maximum absolute atomic E-state index is 12.9. The average Bonchev–Trinajstić information content (AvgIpc) is 3.81. The quantitative estimate of drug-likeness (QED) is 0.0507. The molecule has 0 heterocycles. The van der Waals surface area contributed by atoms with E-state index < -0.39 is 0 Å². The van der Waals surface area contributed by atoms with Gasteiger partial charge in [-0.1, -0.05) is 122 Å². The molecule has 8 unspecified atom stereocenters. The minimum atomic E-state index is 0.0402. The number of ether oxygens (including phenoxy) is 3. The third-order valence-electron chi connectivity index (χ3n) is 20.9. The molecule has 0 N–H and O–H groups in total. The summed E-state index contributed by atoms with van der Waals surface area (Å²) in [4.78, 5) is 25.9. The number of carbonyl (C=O) groups excluding carboxylic acids is 2. The summed E-state index contributed by atoms with van der Waals surface area (Å²) in [6, 6.07) is 0. The molecular formula is C54H84I2O5. The van der Waals surface area contributed by atoms with Crippen molar-refractivity contribution >= 4 is 57.1 Å². The molecule has 7 heteroatoms. The lowest BCUT2D eigenvalue weighted by Crippen LogP contribution is -2.51. The first kappa shape index (κ1) is 47.3. The Morgan fingerprint density at radius 1 is 0.574 bits per heavy atom. The van der Waals surface area contributed by atoms with Crippen molar-refractivity contribution in [1.82, 2.24) is 0 Å². The number of halogens is 2. The topological polar surface area (TPSA) is 61.8 Å². The van der Waals surface area contributed by atoms with Crippen LogP contribution in [0.15, 0.2) is 23.3 Å². The molecule has 0 aromatic heterocycles. The molecule has 6 saturated carbocycles. The first-order valence-corrected chi connectivity index (χ1v) is 28.7. The van der Waals surface area contributed by atoms with Crippen molar-refractivity contribution in [1.29, 1.82) is 0 Å². The summed E-state index contributed by atoms with van der Waals surface area (Å²) in [5.41, 5.74) is 4.34. The predicted octanol–water partition coefficient (Wildman–Crippen LogP) is 14.5. The van der Waals surface area contributed by atoms with Crippen LogP contribution in [0.2, 0.25) is 0 Å². The van der Waals surface area contributed by atoms with Crippen LogP contribution in [-0.4, -0.2) is 47.2 Å². The fourth-order valence-electron chi connectivity index (χ4n) is 17.4. The van der Waals surface area contributed by atoms with Gasteiger partial charge < -0.3 is 14.2 Å². The second-order valence-corrected chi connectivity index (χ2v) is 25.4. The number of carbonyl (C=O) groups is 2. The first-order valence-electron chi connectivity index (χ1n) is 25.7. The zero-order valence-electron chi connectivity index (χ0n) is 39.3. The summed E-state index contributed by atoms with van der Waals surface area (Å²) in [6.45, 7) is 10.2. The summed E-state index contributed by atoms with van der Waals surface area (Å²) in [5, 5.41) is 0. The van der Waals surface area contributed by atoms with Gasteiger partial charge in [-0.2, -0.15) is 0 Å². The molecule has 0 aromatic carbocycles. The van der Waals surface area contributed by atoms with E-state index in [0.717, 1.165) is 24.7 Å². The number of rotatable bonds is 16. The number of hydrogen-bond acceptors (Lipinski definition) is 5. The molecule has 16 atom stereocenters. The van der Waals surface area contributed by atoms with Gasteiger partial charge in [0.2, 0.25) is 0 Å². The molecule has 0 spiro atoms. The van der Waals surface area contributed by atoms with Crippen molar-refractivity contribution < 1.29 is 23.8 Å². The molecule has 8 rings (SSSR count). The number of allylic oxidation sites excluding steroid dienone is 4. The van der Waals surface area contributed by atoms with Crippen molar-refractivity contribution in [3.63, 3.8) is 0 Å². The van der Waals surface area contributed by atoms with Crippen molar-refractivity contribution in [2.45, 2.75) is 194 Å². The van der Waals surface area contributed by atoms with Gasteiger partial charge in [0.15, 0.2) is 0 Å². The second kappa shape index (κ2) is 19.6. The average molecular weight is 1070 g/mol. The second-order valence-electron chi connectivity index (χ2n) is 23.2. The Hall–Kier alpha value is -0.160. The number of unbranched alkanes of at least 4 members (excludes halogenated alkanes) is 4. The van der Waals surface area contributed by atoms with Crippen molar-refractivity contribution in [3.8, 4) is 0 Å². The minimum Gasteiger partial charge on any atom is -0.469 e. The maximum Gasteiger partial charge on any atom is 0.309 e. The fourth-order valence-corrected chi connectivity index (χ4v) is 18.4. The Morgan fingerprint density at radius 3 is 1.39 bits per heavy atom. The largest absolute Gasteiger partial charge is 0.469 e. The molecule has 0 radical (unpaired) electrons. The number of methoxy groups -OCH3 is 2. The first-order chi connectivity index (χ1) is 29.4. The van der Waals surface area contributed by atoms with Crippen molar-refractivity contribution in [2.75, 3.05) is 23.1 Å². The van der Waals surface area contributed by atoms with Crippen LogP contribution >= 0.6 is 45.2 Å². The van der Waals surface area contributed by atoms with Gasteiger partial charge in [0.1, 0.15) is 0 Å². The van der Waals surface area contributed by atoms with E-state index in [-0.39, 0.29) is 34.6 Å². The Balaban J connectivity index is 0.989. The summed E-state index contributed by atoms with van der Waals surface area (Å²) >= 11 is 5.13. The third kappa shape index (κ3) is 8.68. The highest BCUT2D eigenvalue weighted by atomic mass is 127. The Labute approximate surface area is 399 Å². The Kier molecular flexibility index (Phi) is 15.2. The van der Waals surface area contributed by atoms with Gasteiger partial charge in [-0.3, -0.25) is 9.59 Å². The van der Waals surface area contributed by atoms with Crippen LogP contribution in [0, 0.1) is 80.8 Å². The van der Waals surface area contributed by atoms with Gasteiger partial charge in [-0.15, -0.1) is 0 Å². The summed E-state index contributed by atoms with van der Waals surface area (Å²) < 4.78 is 21.0. The lowest BCUT2D eigenvalue weighted by Gasteiger charge is -2.58. The Bertz CT molecular complexity index is 1510. The Morgan fingerprint density at radius 2 is 1.00 bits per heavy atom. The monoisotopic (exact) mass is 1070 g/mol. The van der Waals surface area contributed by atoms with Crippen LogP contribution in [0.3, 0.4) is 0 Å². The number of fused-ring (bicyclic) bond motifs is 10. The molecule has 5 nitrogen and oxygen atoms in total. The number of hydrogen-bond donors (Lipinski definition) is 0. The summed E-state index contributed by atoms with van der Waals surface area (Å²) in [5.74, 6) is 5.69. The van der Waals surface area contributed by atoms with E-state index in [1.807, 2.05) is 0 Å². The van der Waals surface area contributed by atoms with E-state index >= 15 is 0 Å². The standard InChI is InChI=1S/C54H84I2O5/c1-51-27-23-35(33-37(51)15-17-39-41-19-21-45(49(57)59-5)53(41,3)29-25-43(39)51)47(13-9-7-11-31-55)61-48(14-10-8-12-32-56)36-24-28-52(2)38(34-36)16-18-40-42-20-22-46(50(58)60-6)54(42,4)30-26-44(40)52/h15-16,35-36,39-48H,7-14,17-34H2,1-6H3/t35-,36-,39?,40?,41?,42?,43?,44?,45+,46+,47?,48?,51-,52-,53-,54-/m0/s1. The molecule has 8 aliphatic carbocycles. The number of alkyl halides is 2. The zero-order valence-corrected chi connectivity index (χ0v) is 43.6. The zero-order chi connectivity index (χ0) is 43.2. The predicted molar refractivity (Wildman–Crippen MR) is 265 cm³/mol. The van der Waals surface area contributed by atoms with Gasteiger partial charge in [0.05, 0.1) is 38.3 Å². The molecule has 0 saturated heterocycles.